The van der Waals surface area contributed by atoms with Crippen molar-refractivity contribution >= 4 is 23.7 Å². The lowest BCUT2D eigenvalue weighted by Gasteiger charge is -2.00. The standard InChI is InChI=1S/C17H15N3O2S/c1-23-14-9-7-13(8-10-14)16-19-20-17(22-16)18-15(21)11-12-5-3-2-4-6-12/h2-10H,11H2,1H3,(H,18,20,21). The maximum Gasteiger partial charge on any atom is 0.322 e. The molecular formula is C17H15N3O2S. The van der Waals surface area contributed by atoms with Crippen molar-refractivity contribution in [3.8, 4) is 11.5 Å². The molecule has 1 aromatic heterocycles. The van der Waals surface area contributed by atoms with Crippen molar-refractivity contribution in [2.24, 2.45) is 0 Å². The maximum absolute atomic E-state index is 12.0. The number of thioether (sulfide) groups is 1. The summed E-state index contributed by atoms with van der Waals surface area (Å²) in [5.74, 6) is 0.191. The number of anilines is 1. The van der Waals surface area contributed by atoms with E-state index in [-0.39, 0.29) is 18.3 Å². The average Bonchev–Trinajstić information content (AvgIpc) is 3.04. The van der Waals surface area contributed by atoms with Crippen LogP contribution in [0, 0.1) is 0 Å². The zero-order valence-electron chi connectivity index (χ0n) is 12.5. The molecule has 1 N–H and O–H groups in total. The van der Waals surface area contributed by atoms with E-state index in [2.05, 4.69) is 15.5 Å². The van der Waals surface area contributed by atoms with Crippen LogP contribution in [0.2, 0.25) is 0 Å². The zero-order valence-corrected chi connectivity index (χ0v) is 13.3. The Balaban J connectivity index is 1.65. The first kappa shape index (κ1) is 15.3. The molecule has 2 aromatic carbocycles. The Morgan fingerprint density at radius 2 is 1.83 bits per heavy atom. The van der Waals surface area contributed by atoms with Gasteiger partial charge >= 0.3 is 6.01 Å². The number of rotatable bonds is 5. The molecule has 3 rings (SSSR count). The van der Waals surface area contributed by atoms with Crippen LogP contribution in [0.4, 0.5) is 6.01 Å². The van der Waals surface area contributed by atoms with Gasteiger partial charge in [0.25, 0.3) is 0 Å². The summed E-state index contributed by atoms with van der Waals surface area (Å²) in [7, 11) is 0. The third kappa shape index (κ3) is 3.98. The second kappa shape index (κ2) is 7.11. The summed E-state index contributed by atoms with van der Waals surface area (Å²) in [6.07, 6.45) is 2.28. The van der Waals surface area contributed by atoms with Gasteiger partial charge in [-0.05, 0) is 36.1 Å². The molecule has 0 fully saturated rings. The summed E-state index contributed by atoms with van der Waals surface area (Å²) in [5.41, 5.74) is 1.75. The monoisotopic (exact) mass is 325 g/mol. The van der Waals surface area contributed by atoms with E-state index in [0.29, 0.717) is 5.89 Å². The summed E-state index contributed by atoms with van der Waals surface area (Å²) in [6.45, 7) is 0. The molecule has 0 radical (unpaired) electrons. The van der Waals surface area contributed by atoms with Crippen LogP contribution >= 0.6 is 11.8 Å². The molecule has 0 atom stereocenters. The molecule has 0 saturated carbocycles. The van der Waals surface area contributed by atoms with Crippen LogP contribution in [0.15, 0.2) is 63.9 Å². The van der Waals surface area contributed by atoms with Gasteiger partial charge in [-0.25, -0.2) is 0 Å². The summed E-state index contributed by atoms with van der Waals surface area (Å²) in [5, 5.41) is 10.4. The lowest BCUT2D eigenvalue weighted by atomic mass is 10.1. The van der Waals surface area contributed by atoms with E-state index in [4.69, 9.17) is 4.42 Å². The third-order valence-corrected chi connectivity index (χ3v) is 3.96. The van der Waals surface area contributed by atoms with Crippen LogP contribution < -0.4 is 5.32 Å². The quantitative estimate of drug-likeness (QED) is 0.725. The van der Waals surface area contributed by atoms with Crippen molar-refractivity contribution in [1.82, 2.24) is 10.2 Å². The van der Waals surface area contributed by atoms with Crippen LogP contribution in [0.25, 0.3) is 11.5 Å². The first-order valence-corrected chi connectivity index (χ1v) is 8.29. The minimum Gasteiger partial charge on any atom is -0.403 e. The van der Waals surface area contributed by atoms with Gasteiger partial charge in [-0.15, -0.1) is 16.9 Å². The normalized spacial score (nSPS) is 10.5. The van der Waals surface area contributed by atoms with Gasteiger partial charge in [-0.2, -0.15) is 0 Å². The Morgan fingerprint density at radius 3 is 2.52 bits per heavy atom. The van der Waals surface area contributed by atoms with E-state index in [1.807, 2.05) is 60.9 Å². The molecule has 0 saturated heterocycles. The van der Waals surface area contributed by atoms with Crippen molar-refractivity contribution < 1.29 is 9.21 Å². The molecule has 1 amide bonds. The minimum absolute atomic E-state index is 0.106. The molecule has 0 aliphatic carbocycles. The lowest BCUT2D eigenvalue weighted by molar-refractivity contribution is -0.115. The molecule has 5 nitrogen and oxygen atoms in total. The van der Waals surface area contributed by atoms with Crippen molar-refractivity contribution in [1.29, 1.82) is 0 Å². The highest BCUT2D eigenvalue weighted by Gasteiger charge is 2.11. The Morgan fingerprint density at radius 1 is 1.09 bits per heavy atom. The average molecular weight is 325 g/mol. The first-order chi connectivity index (χ1) is 11.2. The van der Waals surface area contributed by atoms with Crippen molar-refractivity contribution in [3.63, 3.8) is 0 Å². The third-order valence-electron chi connectivity index (χ3n) is 3.22. The van der Waals surface area contributed by atoms with Crippen LogP contribution in [0.5, 0.6) is 0 Å². The first-order valence-electron chi connectivity index (χ1n) is 7.06. The fourth-order valence-corrected chi connectivity index (χ4v) is 2.48. The largest absolute Gasteiger partial charge is 0.403 e. The zero-order chi connectivity index (χ0) is 16.1. The van der Waals surface area contributed by atoms with Crippen LogP contribution in [-0.4, -0.2) is 22.4 Å². The molecule has 0 aliphatic rings. The Hall–Kier alpha value is -2.60. The molecule has 116 valence electrons. The summed E-state index contributed by atoms with van der Waals surface area (Å²) < 4.78 is 5.49. The minimum atomic E-state index is -0.191. The summed E-state index contributed by atoms with van der Waals surface area (Å²) >= 11 is 1.66. The second-order valence-electron chi connectivity index (χ2n) is 4.85. The number of hydrogen-bond donors (Lipinski definition) is 1. The van der Waals surface area contributed by atoms with Gasteiger partial charge in [-0.1, -0.05) is 35.4 Å². The fraction of sp³-hybridized carbons (Fsp3) is 0.118. The number of nitrogens with zero attached hydrogens (tertiary/aromatic N) is 2. The van der Waals surface area contributed by atoms with Crippen molar-refractivity contribution in [3.05, 3.63) is 60.2 Å². The van der Waals surface area contributed by atoms with E-state index in [1.54, 1.807) is 11.8 Å². The molecule has 0 aliphatic heterocycles. The molecule has 0 bridgehead atoms. The maximum atomic E-state index is 12.0. The van der Waals surface area contributed by atoms with Gasteiger partial charge in [0.05, 0.1) is 6.42 Å². The summed E-state index contributed by atoms with van der Waals surface area (Å²) in [4.78, 5) is 13.1. The van der Waals surface area contributed by atoms with E-state index >= 15 is 0 Å². The molecule has 3 aromatic rings. The van der Waals surface area contributed by atoms with E-state index in [9.17, 15) is 4.79 Å². The topological polar surface area (TPSA) is 68.0 Å². The molecule has 1 heterocycles. The second-order valence-corrected chi connectivity index (χ2v) is 5.73. The van der Waals surface area contributed by atoms with Crippen LogP contribution in [0.1, 0.15) is 5.56 Å². The SMILES string of the molecule is CSc1ccc(-c2nnc(NC(=O)Cc3ccccc3)o2)cc1. The molecule has 0 unspecified atom stereocenters. The van der Waals surface area contributed by atoms with Gasteiger partial charge in [0.1, 0.15) is 0 Å². The molecule has 6 heteroatoms. The Bertz CT molecular complexity index is 785. The predicted octanol–water partition coefficient (Wildman–Crippen LogP) is 3.64. The molecular weight excluding hydrogens is 310 g/mol. The summed E-state index contributed by atoms with van der Waals surface area (Å²) in [6, 6.07) is 17.4. The van der Waals surface area contributed by atoms with Crippen molar-refractivity contribution in [2.45, 2.75) is 11.3 Å². The number of aromatic nitrogens is 2. The van der Waals surface area contributed by atoms with Gasteiger partial charge < -0.3 is 4.42 Å². The number of carbonyl (C=O) groups is 1. The molecule has 0 spiro atoms. The smallest absolute Gasteiger partial charge is 0.322 e. The molecule has 23 heavy (non-hydrogen) atoms. The van der Waals surface area contributed by atoms with Crippen molar-refractivity contribution in [2.75, 3.05) is 11.6 Å². The highest BCUT2D eigenvalue weighted by Crippen LogP contribution is 2.23. The number of nitrogens with one attached hydrogen (secondary N) is 1. The van der Waals surface area contributed by atoms with Crippen LogP contribution in [0.3, 0.4) is 0 Å². The van der Waals surface area contributed by atoms with Gasteiger partial charge in [0.2, 0.25) is 11.8 Å². The number of amides is 1. The fourth-order valence-electron chi connectivity index (χ4n) is 2.07. The van der Waals surface area contributed by atoms with Crippen LogP contribution in [-0.2, 0) is 11.2 Å². The van der Waals surface area contributed by atoms with Gasteiger partial charge in [0, 0.05) is 10.5 Å². The van der Waals surface area contributed by atoms with E-state index in [1.165, 1.54) is 0 Å². The van der Waals surface area contributed by atoms with Gasteiger partial charge in [-0.3, -0.25) is 10.1 Å². The predicted molar refractivity (Wildman–Crippen MR) is 90.3 cm³/mol. The Kier molecular flexibility index (Phi) is 4.73. The highest BCUT2D eigenvalue weighted by molar-refractivity contribution is 7.98. The lowest BCUT2D eigenvalue weighted by Crippen LogP contribution is -2.14. The Labute approximate surface area is 138 Å². The van der Waals surface area contributed by atoms with E-state index < -0.39 is 0 Å². The number of benzene rings is 2. The number of carbonyl (C=O) groups excluding carboxylic acids is 1. The van der Waals surface area contributed by atoms with E-state index in [0.717, 1.165) is 16.0 Å². The van der Waals surface area contributed by atoms with Gasteiger partial charge in [0.15, 0.2) is 0 Å². The number of hydrogen-bond acceptors (Lipinski definition) is 5. The highest BCUT2D eigenvalue weighted by atomic mass is 32.2.